The number of aromatic nitrogens is 2. The smallest absolute Gasteiger partial charge is 0.163 e. The van der Waals surface area contributed by atoms with Crippen LogP contribution in [0, 0.1) is 13.8 Å². The number of nitrogens with zero attached hydrogens (tertiary/aromatic N) is 2. The maximum absolute atomic E-state index is 6.45. The number of rotatable bonds is 7. The van der Waals surface area contributed by atoms with Crippen molar-refractivity contribution >= 4 is 28.9 Å². The van der Waals surface area contributed by atoms with Crippen LogP contribution in [0.1, 0.15) is 11.1 Å². The Morgan fingerprint density at radius 3 is 2.44 bits per heavy atom. The van der Waals surface area contributed by atoms with Crippen molar-refractivity contribution in [3.8, 4) is 11.4 Å². The number of hydrogen-bond acceptors (Lipinski definition) is 5. The van der Waals surface area contributed by atoms with Crippen LogP contribution in [0.4, 0.5) is 17.3 Å². The highest BCUT2D eigenvalue weighted by atomic mass is 35.5. The first-order valence-electron chi connectivity index (χ1n) is 8.78. The summed E-state index contributed by atoms with van der Waals surface area (Å²) in [5, 5.41) is 7.29. The van der Waals surface area contributed by atoms with E-state index < -0.39 is 0 Å². The highest BCUT2D eigenvalue weighted by Crippen LogP contribution is 2.31. The molecule has 6 heteroatoms. The Morgan fingerprint density at radius 2 is 1.74 bits per heavy atom. The summed E-state index contributed by atoms with van der Waals surface area (Å²) in [6.07, 6.45) is 0. The molecule has 0 spiro atoms. The molecule has 2 aromatic carbocycles. The van der Waals surface area contributed by atoms with Gasteiger partial charge in [-0.3, -0.25) is 0 Å². The Labute approximate surface area is 164 Å². The standard InChI is InChI=1S/C21H23ClN4O/c1-14-11-15(2)20(17(22)12-14)24-19-13-18(23-9-10-27-3)25-21(26-19)16-7-5-4-6-8-16/h4-8,11-13H,9-10H2,1-3H3,(H2,23,24,25,26). The molecule has 3 aromatic rings. The summed E-state index contributed by atoms with van der Waals surface area (Å²) in [5.74, 6) is 2.04. The van der Waals surface area contributed by atoms with Crippen molar-refractivity contribution in [2.45, 2.75) is 13.8 Å². The molecule has 0 saturated carbocycles. The third kappa shape index (κ3) is 4.96. The molecule has 0 radical (unpaired) electrons. The van der Waals surface area contributed by atoms with E-state index in [1.54, 1.807) is 7.11 Å². The number of ether oxygens (including phenoxy) is 1. The van der Waals surface area contributed by atoms with Gasteiger partial charge in [-0.15, -0.1) is 0 Å². The molecule has 0 saturated heterocycles. The van der Waals surface area contributed by atoms with Crippen molar-refractivity contribution in [3.05, 3.63) is 64.7 Å². The van der Waals surface area contributed by atoms with Gasteiger partial charge in [-0.25, -0.2) is 9.97 Å². The lowest BCUT2D eigenvalue weighted by Gasteiger charge is -2.14. The molecule has 3 rings (SSSR count). The number of halogens is 1. The van der Waals surface area contributed by atoms with Crippen LogP contribution >= 0.6 is 11.6 Å². The number of anilines is 3. The van der Waals surface area contributed by atoms with Crippen molar-refractivity contribution in [1.82, 2.24) is 9.97 Å². The Kier molecular flexibility index (Phi) is 6.27. The topological polar surface area (TPSA) is 59.1 Å². The summed E-state index contributed by atoms with van der Waals surface area (Å²) in [4.78, 5) is 9.31. The van der Waals surface area contributed by atoms with Gasteiger partial charge in [-0.05, 0) is 31.0 Å². The van der Waals surface area contributed by atoms with Crippen LogP contribution in [0.3, 0.4) is 0 Å². The van der Waals surface area contributed by atoms with Gasteiger partial charge in [-0.2, -0.15) is 0 Å². The molecule has 0 atom stereocenters. The minimum absolute atomic E-state index is 0.594. The quantitative estimate of drug-likeness (QED) is 0.549. The first kappa shape index (κ1) is 19.1. The SMILES string of the molecule is COCCNc1cc(Nc2c(C)cc(C)cc2Cl)nc(-c2ccccc2)n1. The van der Waals surface area contributed by atoms with Crippen LogP contribution in [0.2, 0.25) is 5.02 Å². The zero-order chi connectivity index (χ0) is 19.2. The molecule has 0 aliphatic rings. The van der Waals surface area contributed by atoms with E-state index in [9.17, 15) is 0 Å². The second-order valence-corrected chi connectivity index (χ2v) is 6.72. The van der Waals surface area contributed by atoms with Crippen LogP contribution in [-0.4, -0.2) is 30.2 Å². The molecule has 5 nitrogen and oxygen atoms in total. The lowest BCUT2D eigenvalue weighted by molar-refractivity contribution is 0.210. The van der Waals surface area contributed by atoms with E-state index in [0.29, 0.717) is 29.8 Å². The lowest BCUT2D eigenvalue weighted by atomic mass is 10.1. The van der Waals surface area contributed by atoms with E-state index in [1.165, 1.54) is 0 Å². The van der Waals surface area contributed by atoms with Crippen LogP contribution in [0.25, 0.3) is 11.4 Å². The van der Waals surface area contributed by atoms with E-state index in [4.69, 9.17) is 16.3 Å². The lowest BCUT2D eigenvalue weighted by Crippen LogP contribution is -2.10. The molecule has 0 aliphatic heterocycles. The molecule has 0 fully saturated rings. The molecule has 0 unspecified atom stereocenters. The second kappa shape index (κ2) is 8.84. The Morgan fingerprint density at radius 1 is 1.00 bits per heavy atom. The summed E-state index contributed by atoms with van der Waals surface area (Å²) in [7, 11) is 1.67. The summed E-state index contributed by atoms with van der Waals surface area (Å²) >= 11 is 6.45. The van der Waals surface area contributed by atoms with Crippen molar-refractivity contribution in [2.24, 2.45) is 0 Å². The van der Waals surface area contributed by atoms with E-state index in [0.717, 1.165) is 28.2 Å². The zero-order valence-corrected chi connectivity index (χ0v) is 16.5. The maximum Gasteiger partial charge on any atom is 0.163 e. The Bertz CT molecular complexity index is 892. The number of aryl methyl sites for hydroxylation is 2. The fourth-order valence-corrected chi connectivity index (χ4v) is 3.17. The van der Waals surface area contributed by atoms with Crippen molar-refractivity contribution in [2.75, 3.05) is 30.9 Å². The van der Waals surface area contributed by atoms with Crippen LogP contribution in [0.15, 0.2) is 48.5 Å². The molecule has 2 N–H and O–H groups in total. The molecule has 1 heterocycles. The van der Waals surface area contributed by atoms with Crippen molar-refractivity contribution in [3.63, 3.8) is 0 Å². The van der Waals surface area contributed by atoms with Gasteiger partial charge < -0.3 is 15.4 Å². The van der Waals surface area contributed by atoms with E-state index in [-0.39, 0.29) is 0 Å². The van der Waals surface area contributed by atoms with Crippen LogP contribution in [0.5, 0.6) is 0 Å². The van der Waals surface area contributed by atoms with Gasteiger partial charge in [0.25, 0.3) is 0 Å². The average Bonchev–Trinajstić information content (AvgIpc) is 2.65. The second-order valence-electron chi connectivity index (χ2n) is 6.31. The van der Waals surface area contributed by atoms with Crippen LogP contribution < -0.4 is 10.6 Å². The van der Waals surface area contributed by atoms with Gasteiger partial charge >= 0.3 is 0 Å². The minimum atomic E-state index is 0.594. The predicted octanol–water partition coefficient (Wildman–Crippen LogP) is 5.22. The van der Waals surface area contributed by atoms with Gasteiger partial charge in [0.2, 0.25) is 0 Å². The molecular formula is C21H23ClN4O. The summed E-state index contributed by atoms with van der Waals surface area (Å²) in [5.41, 5.74) is 3.98. The van der Waals surface area contributed by atoms with Gasteiger partial charge in [0.1, 0.15) is 11.6 Å². The number of nitrogens with one attached hydrogen (secondary N) is 2. The molecule has 0 bridgehead atoms. The predicted molar refractivity (Wildman–Crippen MR) is 112 cm³/mol. The van der Waals surface area contributed by atoms with Gasteiger partial charge in [0, 0.05) is 25.3 Å². The maximum atomic E-state index is 6.45. The summed E-state index contributed by atoms with van der Waals surface area (Å²) < 4.78 is 5.11. The fraction of sp³-hybridized carbons (Fsp3) is 0.238. The largest absolute Gasteiger partial charge is 0.383 e. The molecule has 27 heavy (non-hydrogen) atoms. The molecule has 0 aliphatic carbocycles. The molecule has 0 amide bonds. The number of methoxy groups -OCH3 is 1. The molecule has 140 valence electrons. The minimum Gasteiger partial charge on any atom is -0.383 e. The third-order valence-corrected chi connectivity index (χ3v) is 4.35. The highest BCUT2D eigenvalue weighted by molar-refractivity contribution is 6.33. The monoisotopic (exact) mass is 382 g/mol. The van der Waals surface area contributed by atoms with Crippen molar-refractivity contribution in [1.29, 1.82) is 0 Å². The van der Waals surface area contributed by atoms with E-state index >= 15 is 0 Å². The van der Waals surface area contributed by atoms with Gasteiger partial charge in [0.15, 0.2) is 5.82 Å². The average molecular weight is 383 g/mol. The zero-order valence-electron chi connectivity index (χ0n) is 15.7. The van der Waals surface area contributed by atoms with Gasteiger partial charge in [-0.1, -0.05) is 48.0 Å². The van der Waals surface area contributed by atoms with Crippen molar-refractivity contribution < 1.29 is 4.74 Å². The number of hydrogen-bond donors (Lipinski definition) is 2. The first-order valence-corrected chi connectivity index (χ1v) is 9.15. The van der Waals surface area contributed by atoms with E-state index in [2.05, 4.69) is 26.7 Å². The normalized spacial score (nSPS) is 10.7. The number of benzene rings is 2. The van der Waals surface area contributed by atoms with Gasteiger partial charge in [0.05, 0.1) is 17.3 Å². The first-order chi connectivity index (χ1) is 13.1. The summed E-state index contributed by atoms with van der Waals surface area (Å²) in [6.45, 7) is 5.30. The molecule has 1 aromatic heterocycles. The molecular weight excluding hydrogens is 360 g/mol. The van der Waals surface area contributed by atoms with E-state index in [1.807, 2.05) is 56.3 Å². The Balaban J connectivity index is 1.97. The fourth-order valence-electron chi connectivity index (χ4n) is 2.80. The third-order valence-electron chi connectivity index (χ3n) is 4.06. The Hall–Kier alpha value is -2.63. The summed E-state index contributed by atoms with van der Waals surface area (Å²) in [6, 6.07) is 15.8. The van der Waals surface area contributed by atoms with Crippen LogP contribution in [-0.2, 0) is 4.74 Å². The highest BCUT2D eigenvalue weighted by Gasteiger charge is 2.11.